The second-order valence-corrected chi connectivity index (χ2v) is 24.9. The van der Waals surface area contributed by atoms with Crippen molar-refractivity contribution in [1.82, 2.24) is 29.1 Å². The molecule has 7 N–H and O–H groups in total. The first-order valence-corrected chi connectivity index (χ1v) is 32.9. The highest BCUT2D eigenvalue weighted by atomic mass is 35.6. The van der Waals surface area contributed by atoms with Gasteiger partial charge in [-0.1, -0.05) is 84.0 Å². The second-order valence-electron chi connectivity index (χ2n) is 20.0. The molecule has 0 aliphatic heterocycles. The second kappa shape index (κ2) is 50.4. The molecule has 0 saturated carbocycles. The van der Waals surface area contributed by atoms with Gasteiger partial charge in [0.2, 0.25) is 5.78 Å². The maximum Gasteiger partial charge on any atom is 0.345 e. The number of carboxylic acid groups (broad SMARTS) is 1. The lowest BCUT2D eigenvalue weighted by molar-refractivity contribution is -0.146. The number of H-pyrrole nitrogens is 2. The largest absolute Gasteiger partial charge is 0.504 e. The van der Waals surface area contributed by atoms with Crippen molar-refractivity contribution in [2.24, 2.45) is 5.73 Å². The van der Waals surface area contributed by atoms with E-state index in [1.165, 1.54) is 62.3 Å². The SMILES string of the molecule is C.CCC(C)O.CCOC(=O)C(=C/C=C/OC)C(=O)OCC.CCOC(=O)c1cccn(Cc2cc(F)c(F)c(F)c2)c1=O.CO.NCc1cc(F)c(F)c(F)c1.O=C(Cl)C(Cl)(Cl)Cl.O=C(O)c1cccn(Cc2cc(F)c(F)c(F)c2)c1=O.O=C(c1c[nH]c2ncccc12)C(Cl)(Cl)Cl.c1cnc2[nH]ccc2c1. The van der Waals surface area contributed by atoms with E-state index in [0.717, 1.165) is 76.2 Å². The van der Waals surface area contributed by atoms with E-state index in [1.54, 1.807) is 52.2 Å². The Morgan fingerprint density at radius 2 is 1.01 bits per heavy atom. The molecule has 6 aromatic heterocycles. The number of hydrogen-bond acceptors (Lipinski definition) is 17. The number of methoxy groups -OCH3 is 1. The van der Waals surface area contributed by atoms with Crippen LogP contribution in [0.15, 0.2) is 162 Å². The molecule has 108 heavy (non-hydrogen) atoms. The number of esters is 3. The van der Waals surface area contributed by atoms with Crippen molar-refractivity contribution >= 4 is 138 Å². The quantitative estimate of drug-likeness (QED) is 0.00425. The number of nitrogens with two attached hydrogens (primary N) is 1. The van der Waals surface area contributed by atoms with Gasteiger partial charge in [-0.15, -0.1) is 0 Å². The number of ketones is 1. The Bertz CT molecular complexity index is 4470. The van der Waals surface area contributed by atoms with E-state index >= 15 is 0 Å². The van der Waals surface area contributed by atoms with E-state index in [-0.39, 0.29) is 80.8 Å². The van der Waals surface area contributed by atoms with Gasteiger partial charge in [-0.05, 0) is 166 Å². The van der Waals surface area contributed by atoms with Crippen LogP contribution in [0.5, 0.6) is 0 Å². The van der Waals surface area contributed by atoms with Gasteiger partial charge in [0.1, 0.15) is 28.0 Å². The third-order valence-corrected chi connectivity index (χ3v) is 14.0. The highest BCUT2D eigenvalue weighted by molar-refractivity contribution is 6.88. The Morgan fingerprint density at radius 1 is 0.602 bits per heavy atom. The fourth-order valence-corrected chi connectivity index (χ4v) is 7.70. The molecule has 38 heteroatoms. The number of halogens is 16. The number of aromatic amines is 2. The molecule has 0 radical (unpaired) electrons. The molecule has 1 atom stereocenters. The summed E-state index contributed by atoms with van der Waals surface area (Å²) in [5, 5.41) is 25.0. The van der Waals surface area contributed by atoms with E-state index in [2.05, 4.69) is 24.7 Å². The van der Waals surface area contributed by atoms with Crippen LogP contribution in [0.2, 0.25) is 0 Å². The maximum atomic E-state index is 13.2. The van der Waals surface area contributed by atoms with Crippen LogP contribution in [0.4, 0.5) is 39.5 Å². The van der Waals surface area contributed by atoms with Crippen molar-refractivity contribution in [2.45, 2.75) is 81.8 Å². The zero-order chi connectivity index (χ0) is 81.5. The van der Waals surface area contributed by atoms with Gasteiger partial charge in [0.25, 0.3) is 23.9 Å². The van der Waals surface area contributed by atoms with Gasteiger partial charge in [-0.25, -0.2) is 68.7 Å². The van der Waals surface area contributed by atoms with Gasteiger partial charge < -0.3 is 59.1 Å². The van der Waals surface area contributed by atoms with Gasteiger partial charge in [-0.3, -0.25) is 19.2 Å². The van der Waals surface area contributed by atoms with E-state index in [1.807, 2.05) is 31.3 Å². The average Bonchev–Trinajstić information content (AvgIpc) is 1.37. The molecule has 1 unspecified atom stereocenters. The van der Waals surface area contributed by atoms with Crippen LogP contribution in [-0.2, 0) is 53.0 Å². The minimum atomic E-state index is -1.96. The number of ether oxygens (including phenoxy) is 4. The number of allylic oxidation sites excluding steroid dienone is 2. The van der Waals surface area contributed by atoms with Crippen molar-refractivity contribution in [2.75, 3.05) is 34.0 Å². The summed E-state index contributed by atoms with van der Waals surface area (Å²) in [7, 11) is 2.46. The maximum absolute atomic E-state index is 13.2. The number of carboxylic acids is 1. The summed E-state index contributed by atoms with van der Waals surface area (Å²) in [6, 6.07) is 19.4. The number of aliphatic hydroxyl groups is 2. The summed E-state index contributed by atoms with van der Waals surface area (Å²) in [4.78, 5) is 105. The van der Waals surface area contributed by atoms with Crippen LogP contribution >= 0.6 is 81.2 Å². The molecule has 0 aliphatic rings. The number of rotatable bonds is 16. The number of fused-ring (bicyclic) bond motifs is 2. The topological polar surface area (TPSA) is 327 Å². The highest BCUT2D eigenvalue weighted by Crippen LogP contribution is 2.33. The molecule has 0 amide bonds. The molecule has 3 aromatic carbocycles. The lowest BCUT2D eigenvalue weighted by atomic mass is 10.1. The molecule has 0 fully saturated rings. The number of nitrogens with zero attached hydrogens (tertiary/aromatic N) is 4. The summed E-state index contributed by atoms with van der Waals surface area (Å²) in [6.45, 7) is 8.67. The number of aromatic nitrogens is 6. The van der Waals surface area contributed by atoms with Gasteiger partial charge in [0.15, 0.2) is 52.4 Å². The van der Waals surface area contributed by atoms with Crippen LogP contribution < -0.4 is 16.9 Å². The summed E-state index contributed by atoms with van der Waals surface area (Å²) >= 11 is 36.0. The standard InChI is InChI=1S/C15H12F3NO3.C13H8F3NO3.C11H16O5.C9H5Cl3N2O.C7H6F3N.C7H6N2.C4H10O.C2Cl4O.CH4O.CH4/c1-2-22-15(21)10-4-3-5-19(14(10)20)8-9-6-11(16)13(18)12(17)7-9;14-9-4-7(5-10(15)11(9)16)6-17-3-1-2-8(12(17)18)13(19)20;1-4-15-10(12)9(7-6-8-14-3)11(13)16-5-2;10-9(11,12)7(15)6-4-14-8-5(6)2-1-3-13-8;8-5-1-4(3-11)2-6(9)7(5)10;1-2-6-3-5-9-7(6)8-4-1;1-3-4(2)5;3-1(7)2(4,5)6;1-2;/h3-7H,2,8H2,1H3;1-5H,6H2,(H,19,20);6-8H,4-5H2,1-3H3;1-4H,(H,13,14);1-2H,3,11H2;1-5H,(H,8,9);4-5H,3H2,1-2H3;;2H,1H3;1H4/b;;8-6+;;;;;;;. The van der Waals surface area contributed by atoms with Crippen molar-refractivity contribution in [3.05, 3.63) is 259 Å². The molecule has 6 heterocycles. The smallest absolute Gasteiger partial charge is 0.345 e. The molecule has 0 bridgehead atoms. The minimum absolute atomic E-state index is 0. The normalized spacial score (nSPS) is 10.6. The Morgan fingerprint density at radius 3 is 1.39 bits per heavy atom. The summed E-state index contributed by atoms with van der Waals surface area (Å²) in [5.41, 5.74) is 4.98. The third-order valence-electron chi connectivity index (χ3n) is 12.4. The first kappa shape index (κ1) is 98.7. The Labute approximate surface area is 646 Å². The molecular weight excluding hydrogens is 1600 g/mol. The zero-order valence-electron chi connectivity index (χ0n) is 57.0. The molecule has 0 saturated heterocycles. The van der Waals surface area contributed by atoms with Crippen molar-refractivity contribution in [3.63, 3.8) is 0 Å². The van der Waals surface area contributed by atoms with Gasteiger partial charge >= 0.3 is 23.9 Å². The van der Waals surface area contributed by atoms with Crippen LogP contribution in [0.25, 0.3) is 22.1 Å². The molecule has 0 spiro atoms. The minimum Gasteiger partial charge on any atom is -0.504 e. The molecule has 22 nitrogen and oxygen atoms in total. The van der Waals surface area contributed by atoms with E-state index in [9.17, 15) is 77.9 Å². The number of carbonyl (C=O) groups excluding carboxylic acids is 5. The Balaban J connectivity index is 0.00000124. The molecule has 588 valence electrons. The molecular formula is C70H71Cl7F9N7O15. The number of aromatic carboxylic acids is 1. The number of aliphatic hydroxyl groups excluding tert-OH is 2. The lowest BCUT2D eigenvalue weighted by Crippen LogP contribution is -2.27. The monoisotopic (exact) mass is 1670 g/mol. The van der Waals surface area contributed by atoms with E-state index in [4.69, 9.17) is 116 Å². The number of benzene rings is 3. The number of nitrogens with one attached hydrogen (secondary N) is 2. The fourth-order valence-electron chi connectivity index (χ4n) is 7.40. The predicted octanol–water partition coefficient (Wildman–Crippen LogP) is 15.1. The van der Waals surface area contributed by atoms with Gasteiger partial charge in [0.05, 0.1) is 52.4 Å². The summed E-state index contributed by atoms with van der Waals surface area (Å²) in [6.07, 6.45) is 14.2. The fraction of sp³-hybridized carbons (Fsp3) is 0.257. The van der Waals surface area contributed by atoms with Crippen LogP contribution in [-0.4, -0.2) is 127 Å². The lowest BCUT2D eigenvalue weighted by Gasteiger charge is -2.08. The van der Waals surface area contributed by atoms with Gasteiger partial charge in [-0.2, -0.15) is 0 Å². The van der Waals surface area contributed by atoms with Crippen LogP contribution in [0, 0.1) is 52.4 Å². The molecule has 9 aromatic rings. The first-order chi connectivity index (χ1) is 50.3. The van der Waals surface area contributed by atoms with Crippen molar-refractivity contribution in [3.8, 4) is 0 Å². The average molecular weight is 1670 g/mol. The van der Waals surface area contributed by atoms with Crippen molar-refractivity contribution in [1.29, 1.82) is 0 Å². The summed E-state index contributed by atoms with van der Waals surface area (Å²) in [5.74, 6) is -16.6. The van der Waals surface area contributed by atoms with Gasteiger partial charge in [0, 0.05) is 67.2 Å². The number of carbonyl (C=O) groups is 6. The van der Waals surface area contributed by atoms with Crippen LogP contribution in [0.1, 0.15) is 96.2 Å². The third kappa shape index (κ3) is 33.9. The molecule has 9 rings (SSSR count). The summed E-state index contributed by atoms with van der Waals surface area (Å²) < 4.78 is 132. The number of Topliss-reactive ketones (excluding diaryl/α,β-unsaturated/α-hetero) is 1. The molecule has 0 aliphatic carbocycles. The first-order valence-electron chi connectivity index (χ1n) is 30.3. The Kier molecular flexibility index (Phi) is 46.0. The predicted molar refractivity (Wildman–Crippen MR) is 392 cm³/mol. The number of hydrogen-bond donors (Lipinski definition) is 6. The Hall–Kier alpha value is -9.28. The van der Waals surface area contributed by atoms with E-state index in [0.29, 0.717) is 16.6 Å². The van der Waals surface area contributed by atoms with Crippen molar-refractivity contribution < 1.29 is 103 Å². The van der Waals surface area contributed by atoms with E-state index < -0.39 is 112 Å². The number of alkyl halides is 6. The zero-order valence-corrected chi connectivity index (χ0v) is 62.3. The van der Waals surface area contributed by atoms with Crippen LogP contribution in [0.3, 0.4) is 0 Å². The number of pyridine rings is 4. The highest BCUT2D eigenvalue weighted by Gasteiger charge is 2.33.